The number of methoxy groups -OCH3 is 1. The summed E-state index contributed by atoms with van der Waals surface area (Å²) in [6, 6.07) is 4.12. The van der Waals surface area contributed by atoms with Crippen LogP contribution < -0.4 is 15.4 Å². The number of benzene rings is 1. The van der Waals surface area contributed by atoms with Crippen LogP contribution in [-0.4, -0.2) is 36.2 Å². The molecule has 0 aliphatic carbocycles. The highest BCUT2D eigenvalue weighted by Crippen LogP contribution is 2.29. The van der Waals surface area contributed by atoms with E-state index in [2.05, 4.69) is 15.0 Å². The minimum absolute atomic E-state index is 0.0695. The summed E-state index contributed by atoms with van der Waals surface area (Å²) in [7, 11) is 5.05. The van der Waals surface area contributed by atoms with E-state index in [1.165, 1.54) is 25.3 Å². The molecule has 0 amide bonds. The van der Waals surface area contributed by atoms with Crippen LogP contribution in [0.1, 0.15) is 0 Å². The van der Waals surface area contributed by atoms with E-state index >= 15 is 0 Å². The van der Waals surface area contributed by atoms with Gasteiger partial charge in [-0.05, 0) is 18.2 Å². The lowest BCUT2D eigenvalue weighted by molar-refractivity contribution is 0.415. The van der Waals surface area contributed by atoms with Crippen molar-refractivity contribution in [3.63, 3.8) is 0 Å². The van der Waals surface area contributed by atoms with E-state index in [0.29, 0.717) is 17.3 Å². The van der Waals surface area contributed by atoms with Crippen molar-refractivity contribution in [2.75, 3.05) is 31.8 Å². The van der Waals surface area contributed by atoms with Crippen LogP contribution in [0.4, 0.5) is 16.3 Å². The van der Waals surface area contributed by atoms with Crippen LogP contribution in [0.3, 0.4) is 0 Å². The molecule has 0 atom stereocenters. The van der Waals surface area contributed by atoms with Gasteiger partial charge in [-0.2, -0.15) is 15.0 Å². The summed E-state index contributed by atoms with van der Waals surface area (Å²) in [5.74, 6) is 0.805. The molecule has 19 heavy (non-hydrogen) atoms. The monoisotopic (exact) mass is 263 g/mol. The standard InChI is InChI=1S/C12H14FN5O/c1-18(2)12-16-10(15-11(14)17-12)8-6-7(13)4-5-9(8)19-3/h4-6H,1-3H3,(H2,14,15,16,17). The third-order valence-corrected chi connectivity index (χ3v) is 2.44. The molecular formula is C12H14FN5O. The Morgan fingerprint density at radius 1 is 1.21 bits per heavy atom. The summed E-state index contributed by atoms with van der Waals surface area (Å²) in [5, 5.41) is 0. The summed E-state index contributed by atoms with van der Waals surface area (Å²) in [4.78, 5) is 13.9. The lowest BCUT2D eigenvalue weighted by atomic mass is 10.2. The third kappa shape index (κ3) is 2.70. The Morgan fingerprint density at radius 2 is 1.95 bits per heavy atom. The Bertz CT molecular complexity index is 603. The fraction of sp³-hybridized carbons (Fsp3) is 0.250. The molecule has 1 heterocycles. The molecule has 2 aromatic rings. The zero-order valence-corrected chi connectivity index (χ0v) is 10.9. The predicted octanol–water partition coefficient (Wildman–Crippen LogP) is 1.33. The number of nitrogen functional groups attached to an aromatic ring is 1. The normalized spacial score (nSPS) is 10.3. The van der Waals surface area contributed by atoms with Crippen molar-refractivity contribution in [1.29, 1.82) is 0 Å². The Balaban J connectivity index is 2.61. The number of halogens is 1. The number of hydrogen-bond donors (Lipinski definition) is 1. The number of hydrogen-bond acceptors (Lipinski definition) is 6. The fourth-order valence-electron chi connectivity index (χ4n) is 1.56. The van der Waals surface area contributed by atoms with Gasteiger partial charge in [0.05, 0.1) is 12.7 Å². The number of aromatic nitrogens is 3. The Hall–Kier alpha value is -2.44. The molecule has 2 rings (SSSR count). The van der Waals surface area contributed by atoms with Crippen LogP contribution in [0.15, 0.2) is 18.2 Å². The van der Waals surface area contributed by atoms with Crippen LogP contribution in [0, 0.1) is 5.82 Å². The van der Waals surface area contributed by atoms with E-state index in [-0.39, 0.29) is 11.8 Å². The molecular weight excluding hydrogens is 249 g/mol. The van der Waals surface area contributed by atoms with Crippen LogP contribution in [0.25, 0.3) is 11.4 Å². The zero-order chi connectivity index (χ0) is 14.0. The zero-order valence-electron chi connectivity index (χ0n) is 10.9. The van der Waals surface area contributed by atoms with Crippen molar-refractivity contribution < 1.29 is 9.13 Å². The number of rotatable bonds is 3. The maximum Gasteiger partial charge on any atom is 0.230 e. The van der Waals surface area contributed by atoms with Gasteiger partial charge in [-0.15, -0.1) is 0 Å². The Kier molecular flexibility index (Phi) is 3.46. The van der Waals surface area contributed by atoms with E-state index in [1.807, 2.05) is 0 Å². The summed E-state index contributed by atoms with van der Waals surface area (Å²) >= 11 is 0. The number of ether oxygens (including phenoxy) is 1. The summed E-state index contributed by atoms with van der Waals surface area (Å²) in [6.45, 7) is 0. The smallest absolute Gasteiger partial charge is 0.230 e. The van der Waals surface area contributed by atoms with Crippen LogP contribution in [-0.2, 0) is 0 Å². The topological polar surface area (TPSA) is 77.2 Å². The SMILES string of the molecule is COc1ccc(F)cc1-c1nc(N)nc(N(C)C)n1. The van der Waals surface area contributed by atoms with Gasteiger partial charge >= 0.3 is 0 Å². The van der Waals surface area contributed by atoms with E-state index in [0.717, 1.165) is 0 Å². The van der Waals surface area contributed by atoms with Gasteiger partial charge in [0, 0.05) is 14.1 Å². The van der Waals surface area contributed by atoms with Gasteiger partial charge in [0.1, 0.15) is 11.6 Å². The van der Waals surface area contributed by atoms with E-state index in [1.54, 1.807) is 19.0 Å². The first kappa shape index (κ1) is 13.0. The first-order valence-corrected chi connectivity index (χ1v) is 5.54. The number of anilines is 2. The lowest BCUT2D eigenvalue weighted by Gasteiger charge is -2.12. The quantitative estimate of drug-likeness (QED) is 0.900. The second kappa shape index (κ2) is 5.05. The minimum Gasteiger partial charge on any atom is -0.496 e. The second-order valence-electron chi connectivity index (χ2n) is 4.06. The van der Waals surface area contributed by atoms with Crippen molar-refractivity contribution in [3.05, 3.63) is 24.0 Å². The average molecular weight is 263 g/mol. The molecule has 6 nitrogen and oxygen atoms in total. The lowest BCUT2D eigenvalue weighted by Crippen LogP contribution is -2.15. The van der Waals surface area contributed by atoms with E-state index in [4.69, 9.17) is 10.5 Å². The minimum atomic E-state index is -0.402. The van der Waals surface area contributed by atoms with Gasteiger partial charge in [0.25, 0.3) is 0 Å². The average Bonchev–Trinajstić information content (AvgIpc) is 2.37. The maximum absolute atomic E-state index is 13.4. The van der Waals surface area contributed by atoms with Gasteiger partial charge < -0.3 is 15.4 Å². The molecule has 0 aliphatic rings. The molecule has 0 fully saturated rings. The summed E-state index contributed by atoms with van der Waals surface area (Å²) < 4.78 is 18.5. The van der Waals surface area contributed by atoms with Gasteiger partial charge in [-0.25, -0.2) is 4.39 Å². The highest BCUT2D eigenvalue weighted by molar-refractivity contribution is 5.65. The van der Waals surface area contributed by atoms with Gasteiger partial charge in [-0.3, -0.25) is 0 Å². The largest absolute Gasteiger partial charge is 0.496 e. The highest BCUT2D eigenvalue weighted by Gasteiger charge is 2.13. The van der Waals surface area contributed by atoms with Gasteiger partial charge in [0.15, 0.2) is 5.82 Å². The molecule has 7 heteroatoms. The van der Waals surface area contributed by atoms with Gasteiger partial charge in [0.2, 0.25) is 11.9 Å². The van der Waals surface area contributed by atoms with Crippen molar-refractivity contribution in [1.82, 2.24) is 15.0 Å². The van der Waals surface area contributed by atoms with Crippen LogP contribution >= 0.6 is 0 Å². The third-order valence-electron chi connectivity index (χ3n) is 2.44. The second-order valence-corrected chi connectivity index (χ2v) is 4.06. The molecule has 1 aromatic carbocycles. The van der Waals surface area contributed by atoms with Crippen molar-refractivity contribution in [2.45, 2.75) is 0 Å². The molecule has 0 unspecified atom stereocenters. The van der Waals surface area contributed by atoms with E-state index in [9.17, 15) is 4.39 Å². The van der Waals surface area contributed by atoms with Gasteiger partial charge in [-0.1, -0.05) is 0 Å². The number of nitrogens with two attached hydrogens (primary N) is 1. The molecule has 2 N–H and O–H groups in total. The van der Waals surface area contributed by atoms with Crippen molar-refractivity contribution in [3.8, 4) is 17.1 Å². The van der Waals surface area contributed by atoms with Crippen molar-refractivity contribution >= 4 is 11.9 Å². The fourth-order valence-corrected chi connectivity index (χ4v) is 1.56. The molecule has 1 aromatic heterocycles. The molecule has 0 saturated heterocycles. The number of nitrogens with zero attached hydrogens (tertiary/aromatic N) is 4. The molecule has 0 aliphatic heterocycles. The van der Waals surface area contributed by atoms with Crippen LogP contribution in [0.5, 0.6) is 5.75 Å². The highest BCUT2D eigenvalue weighted by atomic mass is 19.1. The molecule has 0 spiro atoms. The van der Waals surface area contributed by atoms with Crippen molar-refractivity contribution in [2.24, 2.45) is 0 Å². The first-order valence-electron chi connectivity index (χ1n) is 5.54. The first-order chi connectivity index (χ1) is 9.01. The molecule has 100 valence electrons. The Morgan fingerprint density at radius 3 is 2.58 bits per heavy atom. The predicted molar refractivity (Wildman–Crippen MR) is 70.5 cm³/mol. The maximum atomic E-state index is 13.4. The molecule has 0 saturated carbocycles. The van der Waals surface area contributed by atoms with Crippen LogP contribution in [0.2, 0.25) is 0 Å². The summed E-state index contributed by atoms with van der Waals surface area (Å²) in [6.07, 6.45) is 0. The Labute approximate surface area is 110 Å². The molecule has 0 bridgehead atoms. The molecule has 0 radical (unpaired) electrons. The van der Waals surface area contributed by atoms with E-state index < -0.39 is 5.82 Å². The summed E-state index contributed by atoms with van der Waals surface area (Å²) in [5.41, 5.74) is 6.07.